The SMILES string of the molecule is c1ccc(N(c2ccc(-c3cccc4c3sc3ccccc34)cc2)c2ccc3c(c2)C2(c4ccccc4-c4ccccc42)c2ccccc2-3)c(-c2ccc3oc4c5ccccc5ccc4c3c2)c1. The number of rotatable bonds is 5. The summed E-state index contributed by atoms with van der Waals surface area (Å²) >= 11 is 1.88. The van der Waals surface area contributed by atoms with Gasteiger partial charge in [-0.05, 0) is 121 Å². The lowest BCUT2D eigenvalue weighted by Gasteiger charge is -2.32. The van der Waals surface area contributed by atoms with Gasteiger partial charge < -0.3 is 9.32 Å². The van der Waals surface area contributed by atoms with Gasteiger partial charge in [-0.3, -0.25) is 0 Å². The van der Waals surface area contributed by atoms with Gasteiger partial charge in [-0.2, -0.15) is 0 Å². The first-order chi connectivity index (χ1) is 33.7. The number of fused-ring (bicyclic) bond motifs is 18. The van der Waals surface area contributed by atoms with E-state index in [1.54, 1.807) is 0 Å². The van der Waals surface area contributed by atoms with Crippen molar-refractivity contribution in [2.45, 2.75) is 5.41 Å². The number of para-hydroxylation sites is 1. The van der Waals surface area contributed by atoms with E-state index in [0.29, 0.717) is 0 Å². The predicted molar refractivity (Wildman–Crippen MR) is 286 cm³/mol. The molecule has 0 saturated heterocycles. The van der Waals surface area contributed by atoms with E-state index in [0.717, 1.165) is 55.5 Å². The molecule has 13 aromatic rings. The summed E-state index contributed by atoms with van der Waals surface area (Å²) in [5.74, 6) is 0. The zero-order valence-corrected chi connectivity index (χ0v) is 37.6. The summed E-state index contributed by atoms with van der Waals surface area (Å²) in [5, 5.41) is 7.16. The summed E-state index contributed by atoms with van der Waals surface area (Å²) in [4.78, 5) is 2.48. The van der Waals surface area contributed by atoms with Crippen LogP contribution in [0.1, 0.15) is 22.3 Å². The van der Waals surface area contributed by atoms with Crippen molar-refractivity contribution in [2.24, 2.45) is 0 Å². The smallest absolute Gasteiger partial charge is 0.143 e. The molecule has 0 radical (unpaired) electrons. The van der Waals surface area contributed by atoms with Gasteiger partial charge in [-0.15, -0.1) is 11.3 Å². The Morgan fingerprint density at radius 3 is 1.71 bits per heavy atom. The molecule has 0 atom stereocenters. The Labute approximate surface area is 397 Å². The molecule has 0 fully saturated rings. The van der Waals surface area contributed by atoms with Gasteiger partial charge in [0.05, 0.1) is 11.1 Å². The average Bonchev–Trinajstić information content (AvgIpc) is 4.14. The molecular weight excluding hydrogens is 843 g/mol. The van der Waals surface area contributed by atoms with E-state index in [4.69, 9.17) is 4.42 Å². The third-order valence-corrected chi connectivity index (χ3v) is 16.1. The van der Waals surface area contributed by atoms with Crippen LogP contribution in [0, 0.1) is 0 Å². The van der Waals surface area contributed by atoms with Gasteiger partial charge in [0.15, 0.2) is 0 Å². The molecule has 0 saturated carbocycles. The normalized spacial score (nSPS) is 13.1. The molecule has 0 amide bonds. The Morgan fingerprint density at radius 1 is 0.353 bits per heavy atom. The van der Waals surface area contributed by atoms with Gasteiger partial charge in [-0.1, -0.05) is 182 Å². The van der Waals surface area contributed by atoms with E-state index in [9.17, 15) is 0 Å². The number of hydrogen-bond acceptors (Lipinski definition) is 3. The lowest BCUT2D eigenvalue weighted by atomic mass is 9.70. The van der Waals surface area contributed by atoms with Crippen molar-refractivity contribution in [1.82, 2.24) is 0 Å². The van der Waals surface area contributed by atoms with Gasteiger partial charge in [0.2, 0.25) is 0 Å². The maximum absolute atomic E-state index is 6.62. The molecule has 0 aliphatic heterocycles. The van der Waals surface area contributed by atoms with Gasteiger partial charge in [0.25, 0.3) is 0 Å². The highest BCUT2D eigenvalue weighted by atomic mass is 32.1. The molecule has 2 nitrogen and oxygen atoms in total. The quantitative estimate of drug-likeness (QED) is 0.171. The second kappa shape index (κ2) is 14.3. The van der Waals surface area contributed by atoms with Gasteiger partial charge in [0.1, 0.15) is 11.2 Å². The second-order valence-electron chi connectivity index (χ2n) is 18.3. The molecule has 2 aliphatic rings. The van der Waals surface area contributed by atoms with Crippen LogP contribution in [0.15, 0.2) is 241 Å². The lowest BCUT2D eigenvalue weighted by Crippen LogP contribution is -2.26. The summed E-state index contributed by atoms with van der Waals surface area (Å²) < 4.78 is 9.25. The van der Waals surface area contributed by atoms with Crippen LogP contribution in [0.5, 0.6) is 0 Å². The van der Waals surface area contributed by atoms with E-state index in [-0.39, 0.29) is 0 Å². The van der Waals surface area contributed by atoms with Gasteiger partial charge in [-0.25, -0.2) is 0 Å². The van der Waals surface area contributed by atoms with Crippen molar-refractivity contribution < 1.29 is 4.42 Å². The monoisotopic (exact) mass is 881 g/mol. The largest absolute Gasteiger partial charge is 0.455 e. The number of nitrogens with zero attached hydrogens (tertiary/aromatic N) is 1. The summed E-state index contributed by atoms with van der Waals surface area (Å²) in [6.45, 7) is 0. The Balaban J connectivity index is 0.954. The number of furan rings is 1. The summed E-state index contributed by atoms with van der Waals surface area (Å²) in [6, 6.07) is 87.6. The minimum absolute atomic E-state index is 0.468. The molecule has 11 aromatic carbocycles. The summed E-state index contributed by atoms with van der Waals surface area (Å²) in [6.07, 6.45) is 0. The van der Waals surface area contributed by atoms with E-state index < -0.39 is 5.41 Å². The molecular formula is C65H39NOS. The number of anilines is 3. The van der Waals surface area contributed by atoms with Gasteiger partial charge >= 0.3 is 0 Å². The molecule has 2 aliphatic carbocycles. The Kier molecular flexibility index (Phi) is 7.90. The van der Waals surface area contributed by atoms with Crippen LogP contribution in [-0.4, -0.2) is 0 Å². The Morgan fingerprint density at radius 2 is 0.941 bits per heavy atom. The molecule has 0 unspecified atom stereocenters. The van der Waals surface area contributed by atoms with E-state index in [1.165, 1.54) is 81.2 Å². The average molecular weight is 882 g/mol. The number of hydrogen-bond donors (Lipinski definition) is 0. The zero-order chi connectivity index (χ0) is 44.5. The minimum Gasteiger partial charge on any atom is -0.455 e. The van der Waals surface area contributed by atoms with Crippen LogP contribution in [0.4, 0.5) is 17.1 Å². The summed E-state index contributed by atoms with van der Waals surface area (Å²) in [5.41, 5.74) is 19.9. The standard InChI is InChI=1S/C65H39NOS/c1-2-16-46-40(14-1)30-35-53-55-38-42(31-37-61(55)67-63(46)53)45-15-6-11-26-60(45)66(43-32-28-41(29-33-43)47-21-13-22-54-52-20-7-12-27-62(52)68-64(47)54)44-34-36-51-50-19-5-10-25-58(50)65(59(51)39-44)56-23-8-3-17-48(56)49-18-4-9-24-57(49)65/h1-39H. The van der Waals surface area contributed by atoms with Crippen molar-refractivity contribution in [1.29, 1.82) is 0 Å². The second-order valence-corrected chi connectivity index (χ2v) is 19.3. The molecule has 2 heterocycles. The highest BCUT2D eigenvalue weighted by Crippen LogP contribution is 2.63. The predicted octanol–water partition coefficient (Wildman–Crippen LogP) is 18.3. The molecule has 2 aromatic heterocycles. The molecule has 3 heteroatoms. The summed E-state index contributed by atoms with van der Waals surface area (Å²) in [7, 11) is 0. The molecule has 1 spiro atoms. The topological polar surface area (TPSA) is 16.4 Å². The third-order valence-electron chi connectivity index (χ3n) is 14.9. The van der Waals surface area contributed by atoms with Gasteiger partial charge in [0, 0.05) is 53.3 Å². The molecule has 316 valence electrons. The first-order valence-corrected chi connectivity index (χ1v) is 24.2. The molecule has 0 N–H and O–H groups in total. The van der Waals surface area contributed by atoms with E-state index in [1.807, 2.05) is 11.3 Å². The van der Waals surface area contributed by atoms with Crippen LogP contribution in [0.2, 0.25) is 0 Å². The minimum atomic E-state index is -0.468. The van der Waals surface area contributed by atoms with Crippen molar-refractivity contribution in [3.63, 3.8) is 0 Å². The number of thiophene rings is 1. The van der Waals surface area contributed by atoms with Crippen LogP contribution in [0.25, 0.3) is 97.4 Å². The highest BCUT2D eigenvalue weighted by Gasteiger charge is 2.51. The highest BCUT2D eigenvalue weighted by molar-refractivity contribution is 7.26. The first kappa shape index (κ1) is 37.7. The Hall–Kier alpha value is -8.50. The van der Waals surface area contributed by atoms with Crippen LogP contribution < -0.4 is 4.90 Å². The van der Waals surface area contributed by atoms with Crippen molar-refractivity contribution >= 4 is 81.3 Å². The maximum atomic E-state index is 6.62. The van der Waals surface area contributed by atoms with Crippen LogP contribution >= 0.6 is 11.3 Å². The molecule has 0 bridgehead atoms. The van der Waals surface area contributed by atoms with Crippen LogP contribution in [0.3, 0.4) is 0 Å². The van der Waals surface area contributed by atoms with E-state index in [2.05, 4.69) is 241 Å². The fourth-order valence-electron chi connectivity index (χ4n) is 12.0. The zero-order valence-electron chi connectivity index (χ0n) is 36.8. The Bertz CT molecular complexity index is 4160. The molecule has 15 rings (SSSR count). The number of benzene rings is 11. The molecule has 68 heavy (non-hydrogen) atoms. The lowest BCUT2D eigenvalue weighted by molar-refractivity contribution is 0.672. The van der Waals surface area contributed by atoms with Crippen molar-refractivity contribution in [3.8, 4) is 44.5 Å². The van der Waals surface area contributed by atoms with Crippen LogP contribution in [-0.2, 0) is 5.41 Å². The fourth-order valence-corrected chi connectivity index (χ4v) is 13.2. The first-order valence-electron chi connectivity index (χ1n) is 23.4. The third kappa shape index (κ3) is 5.17. The fraction of sp³-hybridized carbons (Fsp3) is 0.0154. The van der Waals surface area contributed by atoms with E-state index >= 15 is 0 Å². The van der Waals surface area contributed by atoms with Crippen molar-refractivity contribution in [3.05, 3.63) is 259 Å². The maximum Gasteiger partial charge on any atom is 0.143 e. The van der Waals surface area contributed by atoms with Crippen molar-refractivity contribution in [2.75, 3.05) is 4.90 Å².